The molecule has 1 aliphatic heterocycles. The fourth-order valence-corrected chi connectivity index (χ4v) is 3.59. The first kappa shape index (κ1) is 19.4. The van der Waals surface area contributed by atoms with Crippen LogP contribution in [0.2, 0.25) is 0 Å². The number of aromatic nitrogens is 1. The van der Waals surface area contributed by atoms with E-state index in [2.05, 4.69) is 4.98 Å². The third-order valence-corrected chi connectivity index (χ3v) is 4.99. The average molecular weight is 404 g/mol. The first-order valence-electron chi connectivity index (χ1n) is 9.39. The highest BCUT2D eigenvalue weighted by Crippen LogP contribution is 2.41. The van der Waals surface area contributed by atoms with Gasteiger partial charge in [-0.15, -0.1) is 0 Å². The van der Waals surface area contributed by atoms with Crippen LogP contribution in [0, 0.1) is 6.92 Å². The van der Waals surface area contributed by atoms with Gasteiger partial charge in [0.1, 0.15) is 29.1 Å². The molecule has 1 saturated heterocycles. The minimum absolute atomic E-state index is 0.0465. The van der Waals surface area contributed by atoms with E-state index in [4.69, 9.17) is 9.15 Å². The predicted molar refractivity (Wildman–Crippen MR) is 109 cm³/mol. The number of nitrogens with zero attached hydrogens (tertiary/aromatic N) is 2. The standard InChI is InChI=1S/C23H20N2O5/c1-14-10-11-18(30-14)20-19(21(26)16-8-3-4-9-17(16)29-2)22(27)23(28)25(20)13-15-7-5-6-12-24-15/h3-12,20,26H,13H2,1-2H3/b21-19-. The molecular weight excluding hydrogens is 384 g/mol. The third kappa shape index (κ3) is 3.34. The van der Waals surface area contributed by atoms with Crippen molar-refractivity contribution in [1.29, 1.82) is 0 Å². The third-order valence-electron chi connectivity index (χ3n) is 4.99. The Bertz CT molecular complexity index is 1130. The second kappa shape index (κ2) is 7.87. The number of carbonyl (C=O) groups is 2. The van der Waals surface area contributed by atoms with Gasteiger partial charge in [0.05, 0.1) is 30.5 Å². The number of benzene rings is 1. The number of aliphatic hydroxyl groups excluding tert-OH is 1. The van der Waals surface area contributed by atoms with Crippen LogP contribution in [0.15, 0.2) is 70.8 Å². The van der Waals surface area contributed by atoms with Crippen molar-refractivity contribution < 1.29 is 23.8 Å². The van der Waals surface area contributed by atoms with Gasteiger partial charge in [0.15, 0.2) is 0 Å². The Morgan fingerprint density at radius 1 is 1.13 bits per heavy atom. The number of carbonyl (C=O) groups excluding carboxylic acids is 2. The van der Waals surface area contributed by atoms with Gasteiger partial charge in [0.2, 0.25) is 0 Å². The molecule has 4 rings (SSSR count). The lowest BCUT2D eigenvalue weighted by atomic mass is 9.99. The van der Waals surface area contributed by atoms with Gasteiger partial charge in [0.25, 0.3) is 11.7 Å². The number of para-hydroxylation sites is 1. The molecule has 2 aromatic heterocycles. The van der Waals surface area contributed by atoms with Gasteiger partial charge in [-0.25, -0.2) is 0 Å². The molecule has 0 spiro atoms. The smallest absolute Gasteiger partial charge is 0.296 e. The Balaban J connectivity index is 1.88. The van der Waals surface area contributed by atoms with Gasteiger partial charge >= 0.3 is 0 Å². The number of methoxy groups -OCH3 is 1. The number of aliphatic hydroxyl groups is 1. The van der Waals surface area contributed by atoms with Crippen LogP contribution in [0.25, 0.3) is 5.76 Å². The summed E-state index contributed by atoms with van der Waals surface area (Å²) >= 11 is 0. The van der Waals surface area contributed by atoms with E-state index in [0.29, 0.717) is 28.5 Å². The van der Waals surface area contributed by atoms with Gasteiger partial charge in [-0.05, 0) is 43.3 Å². The van der Waals surface area contributed by atoms with Crippen LogP contribution in [0.3, 0.4) is 0 Å². The lowest BCUT2D eigenvalue weighted by Gasteiger charge is -2.23. The Labute approximate surface area is 173 Å². The van der Waals surface area contributed by atoms with Crippen molar-refractivity contribution in [1.82, 2.24) is 9.88 Å². The fraction of sp³-hybridized carbons (Fsp3) is 0.174. The maximum atomic E-state index is 13.0. The number of rotatable bonds is 5. The predicted octanol–water partition coefficient (Wildman–Crippen LogP) is 3.61. The first-order chi connectivity index (χ1) is 14.5. The summed E-state index contributed by atoms with van der Waals surface area (Å²) in [6.45, 7) is 1.87. The Morgan fingerprint density at radius 3 is 2.57 bits per heavy atom. The van der Waals surface area contributed by atoms with Crippen LogP contribution in [0.4, 0.5) is 0 Å². The highest BCUT2D eigenvalue weighted by atomic mass is 16.5. The maximum Gasteiger partial charge on any atom is 0.296 e. The zero-order valence-electron chi connectivity index (χ0n) is 16.5. The first-order valence-corrected chi connectivity index (χ1v) is 9.39. The number of Topliss-reactive ketones (excluding diaryl/α,β-unsaturated/α-hetero) is 1. The molecule has 7 nitrogen and oxygen atoms in total. The highest BCUT2D eigenvalue weighted by molar-refractivity contribution is 6.46. The molecule has 3 heterocycles. The number of likely N-dealkylation sites (tertiary alicyclic amines) is 1. The summed E-state index contributed by atoms with van der Waals surface area (Å²) in [6.07, 6.45) is 1.62. The van der Waals surface area contributed by atoms with E-state index in [9.17, 15) is 14.7 Å². The van der Waals surface area contributed by atoms with Crippen molar-refractivity contribution >= 4 is 17.4 Å². The fourth-order valence-electron chi connectivity index (χ4n) is 3.59. The van der Waals surface area contributed by atoms with Crippen LogP contribution in [0.1, 0.15) is 28.8 Å². The van der Waals surface area contributed by atoms with Crippen molar-refractivity contribution in [2.45, 2.75) is 19.5 Å². The number of pyridine rings is 1. The molecule has 1 amide bonds. The van der Waals surface area contributed by atoms with Crippen LogP contribution in [0.5, 0.6) is 5.75 Å². The summed E-state index contributed by atoms with van der Waals surface area (Å²) in [7, 11) is 1.47. The van der Waals surface area contributed by atoms with Gasteiger partial charge in [0, 0.05) is 6.20 Å². The normalized spacial score (nSPS) is 18.1. The summed E-state index contributed by atoms with van der Waals surface area (Å²) in [4.78, 5) is 31.6. The molecule has 1 fully saturated rings. The lowest BCUT2D eigenvalue weighted by molar-refractivity contribution is -0.140. The van der Waals surface area contributed by atoms with Crippen molar-refractivity contribution in [2.24, 2.45) is 0 Å². The topological polar surface area (TPSA) is 92.9 Å². The molecule has 1 N–H and O–H groups in total. The SMILES string of the molecule is COc1ccccc1/C(O)=C1/C(=O)C(=O)N(Cc2ccccn2)C1c1ccc(C)o1. The molecule has 1 atom stereocenters. The maximum absolute atomic E-state index is 13.0. The number of hydrogen-bond donors (Lipinski definition) is 1. The van der Waals surface area contributed by atoms with E-state index < -0.39 is 17.7 Å². The van der Waals surface area contributed by atoms with E-state index in [0.717, 1.165) is 0 Å². The summed E-state index contributed by atoms with van der Waals surface area (Å²) < 4.78 is 11.1. The molecular formula is C23H20N2O5. The molecule has 3 aromatic rings. The van der Waals surface area contributed by atoms with Crippen molar-refractivity contribution in [3.05, 3.63) is 89.1 Å². The Morgan fingerprint density at radius 2 is 1.90 bits per heavy atom. The molecule has 1 unspecified atom stereocenters. The van der Waals surface area contributed by atoms with Gasteiger partial charge < -0.3 is 19.2 Å². The van der Waals surface area contributed by atoms with E-state index in [1.54, 1.807) is 67.7 Å². The number of hydrogen-bond acceptors (Lipinski definition) is 6. The Kier molecular flexibility index (Phi) is 5.10. The zero-order valence-corrected chi connectivity index (χ0v) is 16.5. The molecule has 152 valence electrons. The van der Waals surface area contributed by atoms with Gasteiger partial charge in [-0.1, -0.05) is 18.2 Å². The molecule has 0 bridgehead atoms. The molecule has 0 aliphatic carbocycles. The zero-order chi connectivity index (χ0) is 21.3. The lowest BCUT2D eigenvalue weighted by Crippen LogP contribution is -2.29. The molecule has 1 aliphatic rings. The van der Waals surface area contributed by atoms with E-state index in [-0.39, 0.29) is 17.9 Å². The van der Waals surface area contributed by atoms with Crippen molar-refractivity contribution in [3.8, 4) is 5.75 Å². The number of aryl methyl sites for hydroxylation is 1. The minimum Gasteiger partial charge on any atom is -0.507 e. The number of ether oxygens (including phenoxy) is 1. The summed E-state index contributed by atoms with van der Waals surface area (Å²) in [6, 6.07) is 14.7. The Hall–Kier alpha value is -3.87. The summed E-state index contributed by atoms with van der Waals surface area (Å²) in [5.74, 6) is -0.414. The van der Waals surface area contributed by atoms with Crippen LogP contribution >= 0.6 is 0 Å². The number of ketones is 1. The average Bonchev–Trinajstić information content (AvgIpc) is 3.30. The van der Waals surface area contributed by atoms with Crippen LogP contribution in [-0.2, 0) is 16.1 Å². The second-order valence-electron chi connectivity index (χ2n) is 6.90. The summed E-state index contributed by atoms with van der Waals surface area (Å²) in [5.41, 5.74) is 0.892. The van der Waals surface area contributed by atoms with Gasteiger partial charge in [-0.2, -0.15) is 0 Å². The van der Waals surface area contributed by atoms with E-state index in [1.807, 2.05) is 0 Å². The van der Waals surface area contributed by atoms with Gasteiger partial charge in [-0.3, -0.25) is 14.6 Å². The molecule has 1 aromatic carbocycles. The van der Waals surface area contributed by atoms with Crippen molar-refractivity contribution in [2.75, 3.05) is 7.11 Å². The molecule has 30 heavy (non-hydrogen) atoms. The van der Waals surface area contributed by atoms with E-state index in [1.165, 1.54) is 12.0 Å². The van der Waals surface area contributed by atoms with E-state index >= 15 is 0 Å². The monoisotopic (exact) mass is 404 g/mol. The summed E-state index contributed by atoms with van der Waals surface area (Å²) in [5, 5.41) is 11.1. The minimum atomic E-state index is -0.884. The quantitative estimate of drug-likeness (QED) is 0.397. The number of furan rings is 1. The highest BCUT2D eigenvalue weighted by Gasteiger charge is 2.47. The molecule has 0 radical (unpaired) electrons. The van der Waals surface area contributed by atoms with Crippen LogP contribution in [-0.4, -0.2) is 33.8 Å². The molecule has 0 saturated carbocycles. The number of amides is 1. The van der Waals surface area contributed by atoms with Crippen LogP contribution < -0.4 is 4.74 Å². The second-order valence-corrected chi connectivity index (χ2v) is 6.90. The molecule has 7 heteroatoms. The largest absolute Gasteiger partial charge is 0.507 e. The van der Waals surface area contributed by atoms with Crippen molar-refractivity contribution in [3.63, 3.8) is 0 Å².